The van der Waals surface area contributed by atoms with Crippen molar-refractivity contribution >= 4 is 0 Å². The van der Waals surface area contributed by atoms with Gasteiger partial charge < -0.3 is 10.1 Å². The Morgan fingerprint density at radius 1 is 1.26 bits per heavy atom. The van der Waals surface area contributed by atoms with Crippen molar-refractivity contribution < 1.29 is 4.74 Å². The molecule has 1 aliphatic heterocycles. The van der Waals surface area contributed by atoms with Gasteiger partial charge in [-0.2, -0.15) is 5.10 Å². The van der Waals surface area contributed by atoms with E-state index >= 15 is 0 Å². The van der Waals surface area contributed by atoms with Crippen LogP contribution in [0.3, 0.4) is 0 Å². The van der Waals surface area contributed by atoms with Gasteiger partial charge in [0, 0.05) is 37.9 Å². The van der Waals surface area contributed by atoms with E-state index in [1.807, 2.05) is 11.7 Å². The second-order valence-corrected chi connectivity index (χ2v) is 5.26. The molecule has 1 aromatic rings. The number of ether oxygens (including phenoxy) is 1. The average molecular weight is 266 g/mol. The van der Waals surface area contributed by atoms with Gasteiger partial charge in [-0.25, -0.2) is 0 Å². The number of hydrogen-bond donors (Lipinski definition) is 1. The first kappa shape index (κ1) is 14.5. The van der Waals surface area contributed by atoms with E-state index in [0.29, 0.717) is 0 Å². The Hall–Kier alpha value is -0.910. The largest absolute Gasteiger partial charge is 0.379 e. The van der Waals surface area contributed by atoms with Gasteiger partial charge in [-0.15, -0.1) is 0 Å². The molecule has 5 heteroatoms. The summed E-state index contributed by atoms with van der Waals surface area (Å²) < 4.78 is 7.31. The smallest absolute Gasteiger partial charge is 0.0641 e. The maximum atomic E-state index is 5.35. The van der Waals surface area contributed by atoms with Crippen molar-refractivity contribution in [3.05, 3.63) is 17.0 Å². The molecule has 1 saturated heterocycles. The molecular formula is C14H26N4O. The Kier molecular flexibility index (Phi) is 5.36. The summed E-state index contributed by atoms with van der Waals surface area (Å²) >= 11 is 0. The maximum Gasteiger partial charge on any atom is 0.0641 e. The van der Waals surface area contributed by atoms with Crippen LogP contribution in [0.2, 0.25) is 0 Å². The third kappa shape index (κ3) is 4.03. The van der Waals surface area contributed by atoms with Crippen LogP contribution in [0.1, 0.15) is 23.4 Å². The van der Waals surface area contributed by atoms with Crippen LogP contribution in [0.5, 0.6) is 0 Å². The highest BCUT2D eigenvalue weighted by atomic mass is 16.5. The molecule has 0 radical (unpaired) electrons. The minimum absolute atomic E-state index is 0.890. The zero-order chi connectivity index (χ0) is 13.7. The van der Waals surface area contributed by atoms with E-state index < -0.39 is 0 Å². The molecule has 0 spiro atoms. The van der Waals surface area contributed by atoms with Gasteiger partial charge >= 0.3 is 0 Å². The molecule has 0 unspecified atom stereocenters. The van der Waals surface area contributed by atoms with Gasteiger partial charge in [-0.05, 0) is 33.4 Å². The molecule has 2 rings (SSSR count). The van der Waals surface area contributed by atoms with Crippen molar-refractivity contribution in [2.24, 2.45) is 7.05 Å². The molecule has 108 valence electrons. The molecule has 1 fully saturated rings. The van der Waals surface area contributed by atoms with Crippen molar-refractivity contribution in [3.63, 3.8) is 0 Å². The Balaban J connectivity index is 1.63. The van der Waals surface area contributed by atoms with Crippen LogP contribution >= 0.6 is 0 Å². The van der Waals surface area contributed by atoms with Crippen molar-refractivity contribution in [2.75, 3.05) is 39.4 Å². The number of morpholine rings is 1. The monoisotopic (exact) mass is 266 g/mol. The molecule has 0 aliphatic carbocycles. The van der Waals surface area contributed by atoms with Crippen molar-refractivity contribution in [3.8, 4) is 0 Å². The van der Waals surface area contributed by atoms with Crippen molar-refractivity contribution in [1.29, 1.82) is 0 Å². The lowest BCUT2D eigenvalue weighted by Gasteiger charge is -2.26. The summed E-state index contributed by atoms with van der Waals surface area (Å²) in [6.45, 7) is 11.3. The van der Waals surface area contributed by atoms with Gasteiger partial charge in [-0.1, -0.05) is 0 Å². The third-order valence-electron chi connectivity index (χ3n) is 3.89. The molecule has 5 nitrogen and oxygen atoms in total. The van der Waals surface area contributed by atoms with Gasteiger partial charge in [0.15, 0.2) is 0 Å². The van der Waals surface area contributed by atoms with Crippen LogP contribution < -0.4 is 5.32 Å². The number of hydrogen-bond acceptors (Lipinski definition) is 4. The minimum Gasteiger partial charge on any atom is -0.379 e. The number of nitrogens with zero attached hydrogens (tertiary/aromatic N) is 3. The van der Waals surface area contributed by atoms with Gasteiger partial charge in [0.25, 0.3) is 0 Å². The third-order valence-corrected chi connectivity index (χ3v) is 3.89. The average Bonchev–Trinajstić information content (AvgIpc) is 2.65. The van der Waals surface area contributed by atoms with Crippen LogP contribution in [0, 0.1) is 13.8 Å². The molecule has 19 heavy (non-hydrogen) atoms. The van der Waals surface area contributed by atoms with E-state index in [4.69, 9.17) is 4.74 Å². The van der Waals surface area contributed by atoms with Gasteiger partial charge in [0.2, 0.25) is 0 Å². The zero-order valence-electron chi connectivity index (χ0n) is 12.4. The lowest BCUT2D eigenvalue weighted by Crippen LogP contribution is -2.37. The highest BCUT2D eigenvalue weighted by molar-refractivity contribution is 5.23. The van der Waals surface area contributed by atoms with Crippen LogP contribution in [0.15, 0.2) is 0 Å². The topological polar surface area (TPSA) is 42.3 Å². The molecular weight excluding hydrogens is 240 g/mol. The second kappa shape index (κ2) is 7.03. The molecule has 1 aliphatic rings. The molecule has 0 aromatic carbocycles. The van der Waals surface area contributed by atoms with Gasteiger partial charge in [0.05, 0.1) is 18.9 Å². The molecule has 0 amide bonds. The predicted octanol–water partition coefficient (Wildman–Crippen LogP) is 0.849. The first-order valence-electron chi connectivity index (χ1n) is 7.18. The highest BCUT2D eigenvalue weighted by Crippen LogP contribution is 2.11. The fourth-order valence-corrected chi connectivity index (χ4v) is 2.54. The normalized spacial score (nSPS) is 17.0. The molecule has 1 aromatic heterocycles. The van der Waals surface area contributed by atoms with E-state index in [1.165, 1.54) is 24.2 Å². The summed E-state index contributed by atoms with van der Waals surface area (Å²) in [7, 11) is 2.00. The molecule has 0 bridgehead atoms. The Morgan fingerprint density at radius 3 is 2.63 bits per heavy atom. The molecule has 2 heterocycles. The zero-order valence-corrected chi connectivity index (χ0v) is 12.4. The van der Waals surface area contributed by atoms with Crippen molar-refractivity contribution in [2.45, 2.75) is 26.8 Å². The van der Waals surface area contributed by atoms with Crippen LogP contribution in [0.25, 0.3) is 0 Å². The summed E-state index contributed by atoms with van der Waals surface area (Å²) in [4.78, 5) is 2.48. The Labute approximate surface area is 115 Å². The van der Waals surface area contributed by atoms with Gasteiger partial charge in [-0.3, -0.25) is 9.58 Å². The van der Waals surface area contributed by atoms with Crippen LogP contribution in [-0.2, 0) is 18.3 Å². The fourth-order valence-electron chi connectivity index (χ4n) is 2.54. The SMILES string of the molecule is Cc1nn(C)c(C)c1CNCCCN1CCOCC1. The standard InChI is InChI=1S/C14H26N4O/c1-12-14(13(2)17(3)16-12)11-15-5-4-6-18-7-9-19-10-8-18/h15H,4-11H2,1-3H3. The summed E-state index contributed by atoms with van der Waals surface area (Å²) in [5.74, 6) is 0. The van der Waals surface area contributed by atoms with Gasteiger partial charge in [0.1, 0.15) is 0 Å². The Bertz CT molecular complexity index is 396. The summed E-state index contributed by atoms with van der Waals surface area (Å²) in [5, 5.41) is 7.96. The summed E-state index contributed by atoms with van der Waals surface area (Å²) in [6.07, 6.45) is 1.19. The minimum atomic E-state index is 0.890. The first-order valence-corrected chi connectivity index (χ1v) is 7.18. The fraction of sp³-hybridized carbons (Fsp3) is 0.786. The number of aromatic nitrogens is 2. The second-order valence-electron chi connectivity index (χ2n) is 5.26. The number of nitrogens with one attached hydrogen (secondary N) is 1. The summed E-state index contributed by atoms with van der Waals surface area (Å²) in [5.41, 5.74) is 3.74. The quantitative estimate of drug-likeness (QED) is 0.775. The molecule has 1 N–H and O–H groups in total. The van der Waals surface area contributed by atoms with E-state index in [-0.39, 0.29) is 0 Å². The van der Waals surface area contributed by atoms with E-state index in [0.717, 1.165) is 45.1 Å². The van der Waals surface area contributed by atoms with Crippen LogP contribution in [0.4, 0.5) is 0 Å². The van der Waals surface area contributed by atoms with E-state index in [9.17, 15) is 0 Å². The maximum absolute atomic E-state index is 5.35. The number of rotatable bonds is 6. The lowest BCUT2D eigenvalue weighted by molar-refractivity contribution is 0.0374. The Morgan fingerprint density at radius 2 is 2.00 bits per heavy atom. The molecule has 0 saturated carbocycles. The number of aryl methyl sites for hydroxylation is 2. The molecule has 0 atom stereocenters. The predicted molar refractivity (Wildman–Crippen MR) is 76.3 cm³/mol. The van der Waals surface area contributed by atoms with E-state index in [1.54, 1.807) is 0 Å². The first-order chi connectivity index (χ1) is 9.18. The van der Waals surface area contributed by atoms with Crippen LogP contribution in [-0.4, -0.2) is 54.1 Å². The van der Waals surface area contributed by atoms with Crippen molar-refractivity contribution in [1.82, 2.24) is 20.0 Å². The van der Waals surface area contributed by atoms with E-state index in [2.05, 4.69) is 29.2 Å². The lowest BCUT2D eigenvalue weighted by atomic mass is 10.2. The highest BCUT2D eigenvalue weighted by Gasteiger charge is 2.10. The summed E-state index contributed by atoms with van der Waals surface area (Å²) in [6, 6.07) is 0.